The zero-order valence-corrected chi connectivity index (χ0v) is 12.5. The zero-order chi connectivity index (χ0) is 13.1. The zero-order valence-electron chi connectivity index (χ0n) is 11.7. The van der Waals surface area contributed by atoms with E-state index in [1.165, 1.54) is 25.9 Å². The van der Waals surface area contributed by atoms with Crippen molar-refractivity contribution in [1.29, 1.82) is 0 Å². The second kappa shape index (κ2) is 6.35. The molecule has 0 saturated carbocycles. The molecule has 1 saturated heterocycles. The van der Waals surface area contributed by atoms with Gasteiger partial charge >= 0.3 is 0 Å². The number of nitrogens with zero attached hydrogens (tertiary/aromatic N) is 1. The minimum atomic E-state index is 0.559. The van der Waals surface area contributed by atoms with Crippen molar-refractivity contribution < 1.29 is 4.74 Å². The minimum Gasteiger partial charge on any atom is -0.379 e. The molecule has 4 heteroatoms. The van der Waals surface area contributed by atoms with Crippen molar-refractivity contribution in [2.24, 2.45) is 5.92 Å². The fourth-order valence-electron chi connectivity index (χ4n) is 3.13. The van der Waals surface area contributed by atoms with E-state index in [0.29, 0.717) is 12.0 Å². The monoisotopic (exact) mass is 280 g/mol. The van der Waals surface area contributed by atoms with Crippen molar-refractivity contribution in [3.05, 3.63) is 21.9 Å². The minimum absolute atomic E-state index is 0.559. The van der Waals surface area contributed by atoms with E-state index in [2.05, 4.69) is 28.6 Å². The van der Waals surface area contributed by atoms with Gasteiger partial charge in [-0.05, 0) is 36.4 Å². The van der Waals surface area contributed by atoms with Crippen molar-refractivity contribution in [3.63, 3.8) is 0 Å². The van der Waals surface area contributed by atoms with E-state index < -0.39 is 0 Å². The molecule has 1 fully saturated rings. The van der Waals surface area contributed by atoms with Crippen LogP contribution in [0, 0.1) is 5.92 Å². The van der Waals surface area contributed by atoms with Crippen LogP contribution in [0.25, 0.3) is 0 Å². The molecule has 0 bridgehead atoms. The summed E-state index contributed by atoms with van der Waals surface area (Å²) in [4.78, 5) is 4.20. The van der Waals surface area contributed by atoms with Gasteiger partial charge in [0.2, 0.25) is 0 Å². The Morgan fingerprint density at radius 1 is 1.47 bits per heavy atom. The highest BCUT2D eigenvalue weighted by molar-refractivity contribution is 7.10. The molecule has 3 heterocycles. The maximum Gasteiger partial charge on any atom is 0.0623 e. The van der Waals surface area contributed by atoms with E-state index in [-0.39, 0.29) is 0 Å². The van der Waals surface area contributed by atoms with Crippen LogP contribution in [0.3, 0.4) is 0 Å². The summed E-state index contributed by atoms with van der Waals surface area (Å²) in [6.45, 7) is 8.67. The van der Waals surface area contributed by atoms with Gasteiger partial charge in [-0.3, -0.25) is 4.90 Å². The van der Waals surface area contributed by atoms with E-state index in [4.69, 9.17) is 4.74 Å². The van der Waals surface area contributed by atoms with Gasteiger partial charge in [0.05, 0.1) is 13.2 Å². The molecule has 0 aromatic carbocycles. The Morgan fingerprint density at radius 3 is 3.32 bits per heavy atom. The predicted molar refractivity (Wildman–Crippen MR) is 79.7 cm³/mol. The summed E-state index contributed by atoms with van der Waals surface area (Å²) >= 11 is 1.92. The lowest BCUT2D eigenvalue weighted by atomic mass is 10.0. The first-order valence-electron chi connectivity index (χ1n) is 7.45. The first kappa shape index (κ1) is 13.6. The molecule has 2 aliphatic heterocycles. The molecule has 2 unspecified atom stereocenters. The number of fused-ring (bicyclic) bond motifs is 1. The molecule has 1 aromatic heterocycles. The highest BCUT2D eigenvalue weighted by Crippen LogP contribution is 2.25. The molecule has 1 aromatic rings. The van der Waals surface area contributed by atoms with E-state index in [0.717, 1.165) is 26.3 Å². The molecule has 3 nitrogen and oxygen atoms in total. The number of hydrogen-bond donors (Lipinski definition) is 1. The summed E-state index contributed by atoms with van der Waals surface area (Å²) in [5, 5.41) is 5.87. The Balaban J connectivity index is 1.54. The lowest BCUT2D eigenvalue weighted by molar-refractivity contribution is 0.162. The fourth-order valence-corrected chi connectivity index (χ4v) is 4.02. The van der Waals surface area contributed by atoms with Gasteiger partial charge in [0.1, 0.15) is 0 Å². The van der Waals surface area contributed by atoms with E-state index >= 15 is 0 Å². The standard InChI is InChI=1S/C15H24N2OS/c1-2-5-16-14-11-18-10-13(14)9-17-6-3-15-12(8-17)4-7-19-15/h4,7,13-14,16H,2-3,5-6,8-11H2,1H3. The molecule has 0 aliphatic carbocycles. The third-order valence-corrected chi connectivity index (χ3v) is 5.26. The van der Waals surface area contributed by atoms with E-state index in [9.17, 15) is 0 Å². The SMILES string of the molecule is CCCNC1COCC1CN1CCc2sccc2C1. The Kier molecular flexibility index (Phi) is 4.53. The highest BCUT2D eigenvalue weighted by atomic mass is 32.1. The number of hydrogen-bond acceptors (Lipinski definition) is 4. The van der Waals surface area contributed by atoms with Crippen LogP contribution in [-0.4, -0.2) is 43.8 Å². The van der Waals surface area contributed by atoms with Gasteiger partial charge in [0.25, 0.3) is 0 Å². The molecule has 2 aliphatic rings. The Morgan fingerprint density at radius 2 is 2.42 bits per heavy atom. The van der Waals surface area contributed by atoms with Gasteiger partial charge < -0.3 is 10.1 Å². The van der Waals surface area contributed by atoms with E-state index in [1.807, 2.05) is 11.3 Å². The summed E-state index contributed by atoms with van der Waals surface area (Å²) in [6, 6.07) is 2.85. The highest BCUT2D eigenvalue weighted by Gasteiger charge is 2.30. The van der Waals surface area contributed by atoms with Gasteiger partial charge in [-0.15, -0.1) is 11.3 Å². The average Bonchev–Trinajstić information content (AvgIpc) is 3.05. The maximum atomic E-state index is 5.68. The summed E-state index contributed by atoms with van der Waals surface area (Å²) in [5.41, 5.74) is 1.55. The van der Waals surface area contributed by atoms with Gasteiger partial charge in [0.15, 0.2) is 0 Å². The first-order chi connectivity index (χ1) is 9.36. The van der Waals surface area contributed by atoms with Crippen molar-refractivity contribution in [3.8, 4) is 0 Å². The van der Waals surface area contributed by atoms with Crippen LogP contribution in [0.5, 0.6) is 0 Å². The van der Waals surface area contributed by atoms with Crippen LogP contribution in [0.2, 0.25) is 0 Å². The number of rotatable bonds is 5. The van der Waals surface area contributed by atoms with Crippen molar-refractivity contribution in [2.45, 2.75) is 32.4 Å². The predicted octanol–water partition coefficient (Wildman–Crippen LogP) is 2.12. The number of nitrogens with one attached hydrogen (secondary N) is 1. The van der Waals surface area contributed by atoms with Crippen LogP contribution in [-0.2, 0) is 17.7 Å². The van der Waals surface area contributed by atoms with Gasteiger partial charge in [-0.25, -0.2) is 0 Å². The molecule has 1 N–H and O–H groups in total. The van der Waals surface area contributed by atoms with Crippen molar-refractivity contribution >= 4 is 11.3 Å². The molecule has 2 atom stereocenters. The molecule has 0 amide bonds. The Labute approximate surface area is 119 Å². The summed E-state index contributed by atoms with van der Waals surface area (Å²) in [5.74, 6) is 0.659. The fraction of sp³-hybridized carbons (Fsp3) is 0.733. The van der Waals surface area contributed by atoms with Gasteiger partial charge in [-0.1, -0.05) is 6.92 Å². The molecular weight excluding hydrogens is 256 g/mol. The molecule has 19 heavy (non-hydrogen) atoms. The summed E-state index contributed by atoms with van der Waals surface area (Å²) in [6.07, 6.45) is 2.43. The molecule has 0 radical (unpaired) electrons. The van der Waals surface area contributed by atoms with Crippen molar-refractivity contribution in [2.75, 3.05) is 32.8 Å². The lowest BCUT2D eigenvalue weighted by Crippen LogP contribution is -2.43. The van der Waals surface area contributed by atoms with E-state index in [1.54, 1.807) is 10.4 Å². The third-order valence-electron chi connectivity index (χ3n) is 4.23. The molecule has 0 spiro atoms. The summed E-state index contributed by atoms with van der Waals surface area (Å²) < 4.78 is 5.68. The van der Waals surface area contributed by atoms with Crippen LogP contribution in [0.1, 0.15) is 23.8 Å². The summed E-state index contributed by atoms with van der Waals surface area (Å²) in [7, 11) is 0. The maximum absolute atomic E-state index is 5.68. The van der Waals surface area contributed by atoms with Gasteiger partial charge in [-0.2, -0.15) is 0 Å². The van der Waals surface area contributed by atoms with Crippen LogP contribution >= 0.6 is 11.3 Å². The smallest absolute Gasteiger partial charge is 0.0623 e. The Bertz CT molecular complexity index is 407. The largest absolute Gasteiger partial charge is 0.379 e. The lowest BCUT2D eigenvalue weighted by Gasteiger charge is -2.30. The molecule has 3 rings (SSSR count). The average molecular weight is 280 g/mol. The van der Waals surface area contributed by atoms with Crippen LogP contribution < -0.4 is 5.32 Å². The second-order valence-corrected chi connectivity index (χ2v) is 6.71. The van der Waals surface area contributed by atoms with Crippen molar-refractivity contribution in [1.82, 2.24) is 10.2 Å². The first-order valence-corrected chi connectivity index (χ1v) is 8.33. The second-order valence-electron chi connectivity index (χ2n) is 5.71. The topological polar surface area (TPSA) is 24.5 Å². The van der Waals surface area contributed by atoms with Crippen LogP contribution in [0.4, 0.5) is 0 Å². The third kappa shape index (κ3) is 3.19. The van der Waals surface area contributed by atoms with Gasteiger partial charge in [0, 0.05) is 36.5 Å². The number of thiophene rings is 1. The number of ether oxygens (including phenoxy) is 1. The molecule has 106 valence electrons. The van der Waals surface area contributed by atoms with Crippen LogP contribution in [0.15, 0.2) is 11.4 Å². The quantitative estimate of drug-likeness (QED) is 0.894. The molecular formula is C15H24N2OS. The Hall–Kier alpha value is -0.420. The normalized spacial score (nSPS) is 27.6.